The Morgan fingerprint density at radius 2 is 2.19 bits per heavy atom. The summed E-state index contributed by atoms with van der Waals surface area (Å²) in [7, 11) is 1.79. The van der Waals surface area contributed by atoms with Crippen molar-refractivity contribution in [1.29, 1.82) is 0 Å². The molecule has 0 unspecified atom stereocenters. The molecule has 0 spiro atoms. The number of rotatable bonds is 3. The van der Waals surface area contributed by atoms with Crippen molar-refractivity contribution in [3.8, 4) is 11.3 Å². The fourth-order valence-electron chi connectivity index (χ4n) is 1.52. The van der Waals surface area contributed by atoms with Gasteiger partial charge in [-0.15, -0.1) is 0 Å². The molecule has 1 N–H and O–H groups in total. The quantitative estimate of drug-likeness (QED) is 0.854. The van der Waals surface area contributed by atoms with Crippen molar-refractivity contribution in [2.75, 3.05) is 7.05 Å². The molecule has 1 heterocycles. The molecule has 0 radical (unpaired) electrons. The van der Waals surface area contributed by atoms with Crippen molar-refractivity contribution >= 4 is 0 Å². The lowest BCUT2D eigenvalue weighted by Crippen LogP contribution is -2.07. The molecule has 0 aliphatic heterocycles. The highest BCUT2D eigenvalue weighted by Crippen LogP contribution is 2.19. The highest BCUT2D eigenvalue weighted by Gasteiger charge is 2.04. The van der Waals surface area contributed by atoms with Crippen LogP contribution < -0.4 is 5.32 Å². The van der Waals surface area contributed by atoms with Crippen molar-refractivity contribution in [2.24, 2.45) is 0 Å². The van der Waals surface area contributed by atoms with Crippen molar-refractivity contribution < 1.29 is 4.39 Å². The zero-order valence-electron chi connectivity index (χ0n) is 8.94. The van der Waals surface area contributed by atoms with Gasteiger partial charge in [0.1, 0.15) is 12.1 Å². The van der Waals surface area contributed by atoms with Gasteiger partial charge in [0.2, 0.25) is 0 Å². The predicted molar refractivity (Wildman–Crippen MR) is 60.2 cm³/mol. The average molecular weight is 217 g/mol. The van der Waals surface area contributed by atoms with Crippen LogP contribution in [0.2, 0.25) is 0 Å². The lowest BCUT2D eigenvalue weighted by molar-refractivity contribution is 0.601. The van der Waals surface area contributed by atoms with Gasteiger partial charge in [0.25, 0.3) is 0 Å². The zero-order chi connectivity index (χ0) is 11.4. The average Bonchev–Trinajstić information content (AvgIpc) is 2.33. The Balaban J connectivity index is 2.40. The Labute approximate surface area is 93.4 Å². The molecule has 0 fully saturated rings. The van der Waals surface area contributed by atoms with Gasteiger partial charge < -0.3 is 5.32 Å². The normalized spacial score (nSPS) is 10.4. The fourth-order valence-corrected chi connectivity index (χ4v) is 1.52. The van der Waals surface area contributed by atoms with Gasteiger partial charge in [-0.25, -0.2) is 14.4 Å². The lowest BCUT2D eigenvalue weighted by Gasteiger charge is -2.05. The fraction of sp³-hybridized carbons (Fsp3) is 0.167. The van der Waals surface area contributed by atoms with Crippen LogP contribution in [0.1, 0.15) is 5.56 Å². The van der Waals surface area contributed by atoms with Crippen LogP contribution in [-0.4, -0.2) is 17.0 Å². The molecule has 0 saturated carbocycles. The molecule has 2 aromatic rings. The molecule has 0 atom stereocenters. The molecular weight excluding hydrogens is 205 g/mol. The molecule has 0 aliphatic carbocycles. The van der Waals surface area contributed by atoms with E-state index in [-0.39, 0.29) is 5.82 Å². The second-order valence-corrected chi connectivity index (χ2v) is 3.43. The van der Waals surface area contributed by atoms with Crippen LogP contribution in [0.5, 0.6) is 0 Å². The van der Waals surface area contributed by atoms with Gasteiger partial charge in [0.15, 0.2) is 0 Å². The molecule has 0 aliphatic rings. The Morgan fingerprint density at radius 3 is 2.88 bits per heavy atom. The van der Waals surface area contributed by atoms with Gasteiger partial charge >= 0.3 is 0 Å². The standard InChI is InChI=1S/C12H12FN3/c1-14-7-10-6-9(2-3-11(10)13)12-4-5-15-8-16-12/h2-6,8,14H,7H2,1H3. The third-order valence-electron chi connectivity index (χ3n) is 2.29. The minimum absolute atomic E-state index is 0.202. The lowest BCUT2D eigenvalue weighted by atomic mass is 10.1. The minimum atomic E-state index is -0.202. The molecule has 2 rings (SSSR count). The van der Waals surface area contributed by atoms with E-state index in [9.17, 15) is 4.39 Å². The number of aromatic nitrogens is 2. The highest BCUT2D eigenvalue weighted by molar-refractivity contribution is 5.59. The van der Waals surface area contributed by atoms with Crippen LogP contribution in [0.3, 0.4) is 0 Å². The summed E-state index contributed by atoms with van der Waals surface area (Å²) in [6, 6.07) is 6.78. The Hall–Kier alpha value is -1.81. The van der Waals surface area contributed by atoms with E-state index in [0.717, 1.165) is 11.3 Å². The summed E-state index contributed by atoms with van der Waals surface area (Å²) >= 11 is 0. The molecule has 0 bridgehead atoms. The second kappa shape index (κ2) is 4.81. The maximum atomic E-state index is 13.4. The van der Waals surface area contributed by atoms with E-state index in [4.69, 9.17) is 0 Å². The zero-order valence-corrected chi connectivity index (χ0v) is 8.94. The van der Waals surface area contributed by atoms with Crippen LogP contribution in [0.15, 0.2) is 36.8 Å². The van der Waals surface area contributed by atoms with E-state index in [1.807, 2.05) is 0 Å². The summed E-state index contributed by atoms with van der Waals surface area (Å²) in [5.41, 5.74) is 2.33. The monoisotopic (exact) mass is 217 g/mol. The Morgan fingerprint density at radius 1 is 1.31 bits per heavy atom. The summed E-state index contributed by atoms with van der Waals surface area (Å²) in [6.07, 6.45) is 3.15. The maximum Gasteiger partial charge on any atom is 0.127 e. The van der Waals surface area contributed by atoms with E-state index in [1.54, 1.807) is 31.4 Å². The Bertz CT molecular complexity index is 471. The molecule has 4 heteroatoms. The van der Waals surface area contributed by atoms with Gasteiger partial charge in [-0.1, -0.05) is 0 Å². The molecule has 16 heavy (non-hydrogen) atoms. The molecule has 1 aromatic carbocycles. The van der Waals surface area contributed by atoms with E-state index in [2.05, 4.69) is 15.3 Å². The Kier molecular flexibility index (Phi) is 3.22. The molecule has 82 valence electrons. The molecule has 3 nitrogen and oxygen atoms in total. The molecule has 1 aromatic heterocycles. The molecular formula is C12H12FN3. The first-order valence-electron chi connectivity index (χ1n) is 5.00. The number of halogens is 1. The first kappa shape index (κ1) is 10.7. The summed E-state index contributed by atoms with van der Waals surface area (Å²) in [4.78, 5) is 7.98. The van der Waals surface area contributed by atoms with E-state index in [0.29, 0.717) is 12.1 Å². The first-order valence-corrected chi connectivity index (χ1v) is 5.00. The van der Waals surface area contributed by atoms with Crippen molar-refractivity contribution in [3.05, 3.63) is 48.2 Å². The van der Waals surface area contributed by atoms with Crippen LogP contribution in [0, 0.1) is 5.82 Å². The summed E-state index contributed by atoms with van der Waals surface area (Å²) in [6.45, 7) is 0.505. The largest absolute Gasteiger partial charge is 0.316 e. The highest BCUT2D eigenvalue weighted by atomic mass is 19.1. The second-order valence-electron chi connectivity index (χ2n) is 3.43. The predicted octanol–water partition coefficient (Wildman–Crippen LogP) is 2.00. The summed E-state index contributed by atoms with van der Waals surface area (Å²) in [5.74, 6) is -0.202. The van der Waals surface area contributed by atoms with Gasteiger partial charge in [-0.3, -0.25) is 0 Å². The molecule has 0 amide bonds. The van der Waals surface area contributed by atoms with E-state index in [1.165, 1.54) is 12.4 Å². The van der Waals surface area contributed by atoms with E-state index >= 15 is 0 Å². The van der Waals surface area contributed by atoms with Gasteiger partial charge in [-0.2, -0.15) is 0 Å². The summed E-state index contributed by atoms with van der Waals surface area (Å²) < 4.78 is 13.4. The third kappa shape index (κ3) is 2.23. The van der Waals surface area contributed by atoms with Crippen LogP contribution >= 0.6 is 0 Å². The topological polar surface area (TPSA) is 37.8 Å². The number of benzene rings is 1. The van der Waals surface area contributed by atoms with Crippen molar-refractivity contribution in [3.63, 3.8) is 0 Å². The van der Waals surface area contributed by atoms with E-state index < -0.39 is 0 Å². The number of hydrogen-bond acceptors (Lipinski definition) is 3. The van der Waals surface area contributed by atoms with Gasteiger partial charge in [0.05, 0.1) is 5.69 Å². The van der Waals surface area contributed by atoms with Crippen LogP contribution in [-0.2, 0) is 6.54 Å². The number of hydrogen-bond donors (Lipinski definition) is 1. The van der Waals surface area contributed by atoms with Crippen molar-refractivity contribution in [1.82, 2.24) is 15.3 Å². The maximum absolute atomic E-state index is 13.4. The minimum Gasteiger partial charge on any atom is -0.316 e. The smallest absolute Gasteiger partial charge is 0.127 e. The molecule has 0 saturated heterocycles. The van der Waals surface area contributed by atoms with Crippen LogP contribution in [0.25, 0.3) is 11.3 Å². The van der Waals surface area contributed by atoms with Crippen molar-refractivity contribution in [2.45, 2.75) is 6.54 Å². The first-order chi connectivity index (χ1) is 7.81. The van der Waals surface area contributed by atoms with Gasteiger partial charge in [0, 0.05) is 23.9 Å². The third-order valence-corrected chi connectivity index (χ3v) is 2.29. The summed E-state index contributed by atoms with van der Waals surface area (Å²) in [5, 5.41) is 2.93. The number of nitrogens with zero attached hydrogens (tertiary/aromatic N) is 2. The van der Waals surface area contributed by atoms with Gasteiger partial charge in [-0.05, 0) is 31.3 Å². The van der Waals surface area contributed by atoms with Crippen LogP contribution in [0.4, 0.5) is 4.39 Å². The number of nitrogens with one attached hydrogen (secondary N) is 1. The SMILES string of the molecule is CNCc1cc(-c2ccncn2)ccc1F.